The smallest absolute Gasteiger partial charge is 0.341 e. The SMILES string of the molecule is CCOC(=O)c1cnc(Nc2ccc3c(c2)CNCC3)nc1C.Cl.Cl. The molecule has 8 heteroatoms. The Bertz CT molecular complexity index is 741. The molecule has 6 nitrogen and oxygen atoms in total. The van der Waals surface area contributed by atoms with Gasteiger partial charge in [0.1, 0.15) is 0 Å². The molecule has 1 aromatic carbocycles. The Labute approximate surface area is 159 Å². The molecule has 0 bridgehead atoms. The van der Waals surface area contributed by atoms with E-state index < -0.39 is 5.97 Å². The normalized spacial score (nSPS) is 12.2. The summed E-state index contributed by atoms with van der Waals surface area (Å²) in [5, 5.41) is 6.55. The van der Waals surface area contributed by atoms with Gasteiger partial charge in [0.25, 0.3) is 0 Å². The molecule has 0 amide bonds. The molecule has 136 valence electrons. The van der Waals surface area contributed by atoms with Crippen molar-refractivity contribution in [1.29, 1.82) is 0 Å². The molecular weight excluding hydrogens is 363 g/mol. The molecule has 0 aliphatic carbocycles. The number of carbonyl (C=O) groups excluding carboxylic acids is 1. The second kappa shape index (κ2) is 9.56. The zero-order valence-electron chi connectivity index (χ0n) is 14.2. The van der Waals surface area contributed by atoms with Gasteiger partial charge in [0, 0.05) is 18.4 Å². The van der Waals surface area contributed by atoms with Crippen LogP contribution in [0.15, 0.2) is 24.4 Å². The number of carbonyl (C=O) groups is 1. The lowest BCUT2D eigenvalue weighted by Gasteiger charge is -2.18. The lowest BCUT2D eigenvalue weighted by molar-refractivity contribution is 0.0524. The summed E-state index contributed by atoms with van der Waals surface area (Å²) in [6, 6.07) is 6.28. The Morgan fingerprint density at radius 2 is 2.12 bits per heavy atom. The predicted octanol–water partition coefficient (Wildman–Crippen LogP) is 3.19. The molecule has 3 rings (SSSR count). The fourth-order valence-electron chi connectivity index (χ4n) is 2.62. The number of rotatable bonds is 4. The fraction of sp³-hybridized carbons (Fsp3) is 0.353. The quantitative estimate of drug-likeness (QED) is 0.788. The van der Waals surface area contributed by atoms with Crippen LogP contribution in [0.25, 0.3) is 0 Å². The van der Waals surface area contributed by atoms with E-state index in [0.717, 1.165) is 25.2 Å². The molecule has 0 spiro atoms. The summed E-state index contributed by atoms with van der Waals surface area (Å²) in [5.41, 5.74) is 4.61. The van der Waals surface area contributed by atoms with Crippen LogP contribution in [0.4, 0.5) is 11.6 Å². The zero-order chi connectivity index (χ0) is 16.2. The van der Waals surface area contributed by atoms with E-state index in [1.807, 2.05) is 6.07 Å². The number of aryl methyl sites for hydroxylation is 1. The number of hydrogen-bond donors (Lipinski definition) is 2. The molecule has 0 saturated heterocycles. The number of hydrogen-bond acceptors (Lipinski definition) is 6. The number of nitrogens with zero attached hydrogens (tertiary/aromatic N) is 2. The van der Waals surface area contributed by atoms with Crippen molar-refractivity contribution in [2.45, 2.75) is 26.8 Å². The average molecular weight is 385 g/mol. The lowest BCUT2D eigenvalue weighted by atomic mass is 10.0. The summed E-state index contributed by atoms with van der Waals surface area (Å²) < 4.78 is 4.98. The largest absolute Gasteiger partial charge is 0.462 e. The van der Waals surface area contributed by atoms with Gasteiger partial charge in [-0.15, -0.1) is 24.8 Å². The van der Waals surface area contributed by atoms with Gasteiger partial charge in [-0.05, 0) is 50.1 Å². The topological polar surface area (TPSA) is 76.1 Å². The highest BCUT2D eigenvalue weighted by Gasteiger charge is 2.13. The highest BCUT2D eigenvalue weighted by molar-refractivity contribution is 5.90. The van der Waals surface area contributed by atoms with Crippen LogP contribution in [0.1, 0.15) is 34.1 Å². The maximum atomic E-state index is 11.8. The number of fused-ring (bicyclic) bond motifs is 1. The van der Waals surface area contributed by atoms with Crippen molar-refractivity contribution in [3.05, 3.63) is 46.8 Å². The van der Waals surface area contributed by atoms with E-state index >= 15 is 0 Å². The number of halogens is 2. The van der Waals surface area contributed by atoms with Crippen molar-refractivity contribution in [2.75, 3.05) is 18.5 Å². The second-order valence-corrected chi connectivity index (χ2v) is 5.45. The number of aromatic nitrogens is 2. The first-order chi connectivity index (χ1) is 11.2. The highest BCUT2D eigenvalue weighted by atomic mass is 35.5. The molecule has 2 N–H and O–H groups in total. The van der Waals surface area contributed by atoms with Crippen molar-refractivity contribution in [3.8, 4) is 0 Å². The third kappa shape index (κ3) is 5.04. The standard InChI is InChI=1S/C17H20N4O2.2ClH/c1-3-23-16(22)15-10-19-17(20-11(15)2)21-14-5-4-12-6-7-18-9-13(12)8-14;;/h4-5,8,10,18H,3,6-7,9H2,1-2H3,(H,19,20,21);2*1H. The molecule has 25 heavy (non-hydrogen) atoms. The average Bonchev–Trinajstić information content (AvgIpc) is 2.55. The molecule has 0 unspecified atom stereocenters. The summed E-state index contributed by atoms with van der Waals surface area (Å²) in [5.74, 6) is 0.0793. The van der Waals surface area contributed by atoms with Crippen molar-refractivity contribution in [2.24, 2.45) is 0 Å². The fourth-order valence-corrected chi connectivity index (χ4v) is 2.62. The molecule has 1 aliphatic rings. The van der Waals surface area contributed by atoms with Crippen LogP contribution in [-0.4, -0.2) is 29.1 Å². The number of esters is 1. The van der Waals surface area contributed by atoms with Gasteiger partial charge in [0.15, 0.2) is 0 Å². The molecule has 1 aromatic heterocycles. The van der Waals surface area contributed by atoms with E-state index in [1.54, 1.807) is 13.8 Å². The zero-order valence-corrected chi connectivity index (χ0v) is 15.8. The van der Waals surface area contributed by atoms with Gasteiger partial charge in [-0.3, -0.25) is 0 Å². The third-order valence-corrected chi connectivity index (χ3v) is 3.82. The summed E-state index contributed by atoms with van der Waals surface area (Å²) in [6.45, 7) is 5.79. The van der Waals surface area contributed by atoms with Crippen molar-refractivity contribution in [3.63, 3.8) is 0 Å². The maximum Gasteiger partial charge on any atom is 0.341 e. The van der Waals surface area contributed by atoms with Gasteiger partial charge in [-0.25, -0.2) is 14.8 Å². The monoisotopic (exact) mass is 384 g/mol. The number of ether oxygens (including phenoxy) is 1. The van der Waals surface area contributed by atoms with Gasteiger partial charge in [-0.1, -0.05) is 6.07 Å². The Morgan fingerprint density at radius 3 is 2.84 bits per heavy atom. The first kappa shape index (κ1) is 21.2. The Kier molecular flexibility index (Phi) is 8.09. The number of anilines is 2. The van der Waals surface area contributed by atoms with Crippen LogP contribution in [0.5, 0.6) is 0 Å². The van der Waals surface area contributed by atoms with Crippen LogP contribution >= 0.6 is 24.8 Å². The maximum absolute atomic E-state index is 11.8. The van der Waals surface area contributed by atoms with E-state index in [0.29, 0.717) is 23.8 Å². The Hall–Kier alpha value is -1.89. The van der Waals surface area contributed by atoms with E-state index in [9.17, 15) is 4.79 Å². The minimum Gasteiger partial charge on any atom is -0.462 e. The molecule has 0 fully saturated rings. The summed E-state index contributed by atoms with van der Waals surface area (Å²) in [7, 11) is 0. The second-order valence-electron chi connectivity index (χ2n) is 5.45. The lowest BCUT2D eigenvalue weighted by Crippen LogP contribution is -2.23. The first-order valence-electron chi connectivity index (χ1n) is 7.77. The van der Waals surface area contributed by atoms with Crippen molar-refractivity contribution < 1.29 is 9.53 Å². The van der Waals surface area contributed by atoms with Gasteiger partial charge in [0.2, 0.25) is 5.95 Å². The minimum absolute atomic E-state index is 0. The third-order valence-electron chi connectivity index (χ3n) is 3.82. The Balaban J connectivity index is 0.00000156. The molecule has 0 atom stereocenters. The summed E-state index contributed by atoms with van der Waals surface area (Å²) in [4.78, 5) is 20.3. The highest BCUT2D eigenvalue weighted by Crippen LogP contribution is 2.21. The predicted molar refractivity (Wildman–Crippen MR) is 102 cm³/mol. The molecule has 0 saturated carbocycles. The van der Waals surface area contributed by atoms with Gasteiger partial charge >= 0.3 is 5.97 Å². The number of nitrogens with one attached hydrogen (secondary N) is 2. The summed E-state index contributed by atoms with van der Waals surface area (Å²) >= 11 is 0. The van der Waals surface area contributed by atoms with Crippen molar-refractivity contribution >= 4 is 42.4 Å². The van der Waals surface area contributed by atoms with Gasteiger partial charge in [0.05, 0.1) is 17.9 Å². The van der Waals surface area contributed by atoms with E-state index in [2.05, 4.69) is 32.7 Å². The van der Waals surface area contributed by atoms with Gasteiger partial charge in [-0.2, -0.15) is 0 Å². The van der Waals surface area contributed by atoms with Crippen LogP contribution in [0, 0.1) is 6.92 Å². The molecule has 0 radical (unpaired) electrons. The van der Waals surface area contributed by atoms with Crippen LogP contribution < -0.4 is 10.6 Å². The minimum atomic E-state index is -0.392. The first-order valence-corrected chi connectivity index (χ1v) is 7.77. The van der Waals surface area contributed by atoms with Crippen molar-refractivity contribution in [1.82, 2.24) is 15.3 Å². The summed E-state index contributed by atoms with van der Waals surface area (Å²) in [6.07, 6.45) is 2.56. The molecule has 1 aliphatic heterocycles. The molecular formula is C17H22Cl2N4O2. The van der Waals surface area contributed by atoms with Crippen LogP contribution in [-0.2, 0) is 17.7 Å². The van der Waals surface area contributed by atoms with Crippen LogP contribution in [0.2, 0.25) is 0 Å². The van der Waals surface area contributed by atoms with E-state index in [-0.39, 0.29) is 24.8 Å². The molecule has 2 aromatic rings. The number of benzene rings is 1. The van der Waals surface area contributed by atoms with E-state index in [1.165, 1.54) is 17.3 Å². The van der Waals surface area contributed by atoms with Crippen LogP contribution in [0.3, 0.4) is 0 Å². The van der Waals surface area contributed by atoms with Gasteiger partial charge < -0.3 is 15.4 Å². The molecule has 2 heterocycles. The van der Waals surface area contributed by atoms with E-state index in [4.69, 9.17) is 4.74 Å². The Morgan fingerprint density at radius 1 is 1.32 bits per heavy atom.